The molecule has 1 N–H and O–H groups in total. The Balaban J connectivity index is 2.21. The predicted octanol–water partition coefficient (Wildman–Crippen LogP) is 3.06. The van der Waals surface area contributed by atoms with E-state index in [0.717, 1.165) is 13.0 Å². The Kier molecular flexibility index (Phi) is 4.56. The van der Waals surface area contributed by atoms with Gasteiger partial charge in [0.2, 0.25) is 5.95 Å². The molecule has 1 fully saturated rings. The van der Waals surface area contributed by atoms with Crippen molar-refractivity contribution in [3.63, 3.8) is 0 Å². The predicted molar refractivity (Wildman–Crippen MR) is 76.0 cm³/mol. The maximum absolute atomic E-state index is 13.9. The Morgan fingerprint density at radius 2 is 2.16 bits per heavy atom. The molecule has 0 radical (unpaired) electrons. The van der Waals surface area contributed by atoms with Gasteiger partial charge >= 0.3 is 0 Å². The Hall–Kier alpha value is -1.39. The van der Waals surface area contributed by atoms with Gasteiger partial charge < -0.3 is 10.2 Å². The van der Waals surface area contributed by atoms with Crippen molar-refractivity contribution in [1.29, 1.82) is 0 Å². The van der Waals surface area contributed by atoms with Gasteiger partial charge in [0.25, 0.3) is 0 Å². The third kappa shape index (κ3) is 3.14. The largest absolute Gasteiger partial charge is 0.354 e. The van der Waals surface area contributed by atoms with Crippen LogP contribution >= 0.6 is 0 Å². The lowest BCUT2D eigenvalue weighted by Crippen LogP contribution is -2.40. The highest BCUT2D eigenvalue weighted by Crippen LogP contribution is 2.30. The van der Waals surface area contributed by atoms with Crippen LogP contribution in [0.1, 0.15) is 39.5 Å². The van der Waals surface area contributed by atoms with E-state index in [4.69, 9.17) is 0 Å². The zero-order chi connectivity index (χ0) is 13.8. The Bertz CT molecular complexity index is 424. The minimum Gasteiger partial charge on any atom is -0.354 e. The average Bonchev–Trinajstić information content (AvgIpc) is 2.41. The normalized spacial score (nSPS) is 23.2. The van der Waals surface area contributed by atoms with E-state index >= 15 is 0 Å². The standard InChI is InChI=1S/C14H23FN4/c1-4-16-14-17-9-11(15)13(18-14)19(3)12-8-6-5-7-10(12)2/h9-10,12H,4-8H2,1-3H3,(H,16,17,18). The molecule has 2 rings (SSSR count). The second kappa shape index (κ2) is 6.17. The van der Waals surface area contributed by atoms with Crippen LogP contribution in [-0.4, -0.2) is 29.6 Å². The third-order valence-corrected chi connectivity index (χ3v) is 3.96. The minimum atomic E-state index is -0.345. The van der Waals surface area contributed by atoms with Gasteiger partial charge in [0.15, 0.2) is 11.6 Å². The van der Waals surface area contributed by atoms with Gasteiger partial charge in [0, 0.05) is 19.6 Å². The van der Waals surface area contributed by atoms with Crippen molar-refractivity contribution in [2.45, 2.75) is 45.6 Å². The van der Waals surface area contributed by atoms with Crippen LogP contribution in [0.25, 0.3) is 0 Å². The Morgan fingerprint density at radius 3 is 2.84 bits per heavy atom. The lowest BCUT2D eigenvalue weighted by molar-refractivity contribution is 0.319. The van der Waals surface area contributed by atoms with Crippen molar-refractivity contribution in [1.82, 2.24) is 9.97 Å². The molecule has 1 aromatic heterocycles. The summed E-state index contributed by atoms with van der Waals surface area (Å²) in [5.41, 5.74) is 0. The van der Waals surface area contributed by atoms with Crippen LogP contribution in [0.2, 0.25) is 0 Å². The summed E-state index contributed by atoms with van der Waals surface area (Å²) in [6, 6.07) is 0.368. The number of nitrogens with zero attached hydrogens (tertiary/aromatic N) is 3. The van der Waals surface area contributed by atoms with Crippen LogP contribution in [0.3, 0.4) is 0 Å². The molecule has 1 heterocycles. The Morgan fingerprint density at radius 1 is 1.42 bits per heavy atom. The van der Waals surface area contributed by atoms with Gasteiger partial charge in [0.1, 0.15) is 0 Å². The molecule has 1 saturated carbocycles. The van der Waals surface area contributed by atoms with E-state index in [1.54, 1.807) is 0 Å². The summed E-state index contributed by atoms with van der Waals surface area (Å²) in [4.78, 5) is 10.2. The monoisotopic (exact) mass is 266 g/mol. The molecule has 1 aromatic rings. The van der Waals surface area contributed by atoms with Crippen molar-refractivity contribution < 1.29 is 4.39 Å². The van der Waals surface area contributed by atoms with Crippen LogP contribution in [-0.2, 0) is 0 Å². The smallest absolute Gasteiger partial charge is 0.224 e. The van der Waals surface area contributed by atoms with Crippen molar-refractivity contribution in [2.75, 3.05) is 23.8 Å². The maximum Gasteiger partial charge on any atom is 0.224 e. The van der Waals surface area contributed by atoms with Crippen molar-refractivity contribution >= 4 is 11.8 Å². The zero-order valence-corrected chi connectivity index (χ0v) is 12.0. The molecule has 1 aliphatic rings. The van der Waals surface area contributed by atoms with Gasteiger partial charge in [-0.05, 0) is 25.7 Å². The topological polar surface area (TPSA) is 41.1 Å². The van der Waals surface area contributed by atoms with E-state index in [0.29, 0.717) is 23.7 Å². The summed E-state index contributed by atoms with van der Waals surface area (Å²) in [5, 5.41) is 3.03. The fraction of sp³-hybridized carbons (Fsp3) is 0.714. The van der Waals surface area contributed by atoms with Crippen LogP contribution in [0.5, 0.6) is 0 Å². The fourth-order valence-electron chi connectivity index (χ4n) is 2.88. The molecule has 0 aliphatic heterocycles. The second-order valence-corrected chi connectivity index (χ2v) is 5.34. The summed E-state index contributed by atoms with van der Waals surface area (Å²) in [6.07, 6.45) is 6.07. The van der Waals surface area contributed by atoms with E-state index in [-0.39, 0.29) is 5.82 Å². The molecule has 0 amide bonds. The summed E-state index contributed by atoms with van der Waals surface area (Å²) in [7, 11) is 1.94. The molecule has 0 bridgehead atoms. The second-order valence-electron chi connectivity index (χ2n) is 5.34. The Labute approximate surface area is 114 Å². The lowest BCUT2D eigenvalue weighted by Gasteiger charge is -2.37. The summed E-state index contributed by atoms with van der Waals surface area (Å²) < 4.78 is 13.9. The van der Waals surface area contributed by atoms with E-state index < -0.39 is 0 Å². The SMILES string of the molecule is CCNc1ncc(F)c(N(C)C2CCCCC2C)n1. The van der Waals surface area contributed by atoms with E-state index in [1.807, 2.05) is 18.9 Å². The lowest BCUT2D eigenvalue weighted by atomic mass is 9.85. The first-order valence-electron chi connectivity index (χ1n) is 7.12. The van der Waals surface area contributed by atoms with Crippen LogP contribution in [0, 0.1) is 11.7 Å². The molecule has 106 valence electrons. The number of rotatable bonds is 4. The highest BCUT2D eigenvalue weighted by molar-refractivity contribution is 5.44. The number of halogens is 1. The summed E-state index contributed by atoms with van der Waals surface area (Å²) >= 11 is 0. The molecule has 0 spiro atoms. The molecule has 0 saturated heterocycles. The van der Waals surface area contributed by atoms with Crippen molar-refractivity contribution in [2.24, 2.45) is 5.92 Å². The van der Waals surface area contributed by atoms with Gasteiger partial charge in [-0.25, -0.2) is 9.37 Å². The van der Waals surface area contributed by atoms with Crippen molar-refractivity contribution in [3.05, 3.63) is 12.0 Å². The fourth-order valence-corrected chi connectivity index (χ4v) is 2.88. The first-order chi connectivity index (χ1) is 9.13. The number of anilines is 2. The van der Waals surface area contributed by atoms with Crippen LogP contribution < -0.4 is 10.2 Å². The van der Waals surface area contributed by atoms with Gasteiger partial charge in [0.05, 0.1) is 6.20 Å². The van der Waals surface area contributed by atoms with Gasteiger partial charge in [-0.15, -0.1) is 0 Å². The molecule has 4 nitrogen and oxygen atoms in total. The van der Waals surface area contributed by atoms with Crippen LogP contribution in [0.15, 0.2) is 6.20 Å². The van der Waals surface area contributed by atoms with Crippen LogP contribution in [0.4, 0.5) is 16.2 Å². The molecule has 19 heavy (non-hydrogen) atoms. The van der Waals surface area contributed by atoms with E-state index in [1.165, 1.54) is 25.5 Å². The summed E-state index contributed by atoms with van der Waals surface area (Å²) in [5.74, 6) is 1.14. The van der Waals surface area contributed by atoms with Gasteiger partial charge in [-0.3, -0.25) is 0 Å². The number of hydrogen-bond donors (Lipinski definition) is 1. The summed E-state index contributed by atoms with van der Waals surface area (Å²) in [6.45, 7) is 4.94. The first-order valence-corrected chi connectivity index (χ1v) is 7.12. The number of nitrogens with one attached hydrogen (secondary N) is 1. The van der Waals surface area contributed by atoms with E-state index in [9.17, 15) is 4.39 Å². The van der Waals surface area contributed by atoms with Gasteiger partial charge in [-0.2, -0.15) is 4.98 Å². The van der Waals surface area contributed by atoms with E-state index in [2.05, 4.69) is 22.2 Å². The van der Waals surface area contributed by atoms with Crippen molar-refractivity contribution in [3.8, 4) is 0 Å². The minimum absolute atomic E-state index is 0.345. The molecule has 2 atom stereocenters. The quantitative estimate of drug-likeness (QED) is 0.909. The highest BCUT2D eigenvalue weighted by atomic mass is 19.1. The molecule has 1 aliphatic carbocycles. The molecule has 2 unspecified atom stereocenters. The average molecular weight is 266 g/mol. The first kappa shape index (κ1) is 14.0. The molecular formula is C14H23FN4. The third-order valence-electron chi connectivity index (χ3n) is 3.96. The molecular weight excluding hydrogens is 243 g/mol. The molecule has 5 heteroatoms. The zero-order valence-electron chi connectivity index (χ0n) is 12.0. The molecule has 0 aromatic carbocycles. The van der Waals surface area contributed by atoms with Gasteiger partial charge in [-0.1, -0.05) is 19.8 Å². The highest BCUT2D eigenvalue weighted by Gasteiger charge is 2.27. The maximum atomic E-state index is 13.9. The number of hydrogen-bond acceptors (Lipinski definition) is 4. The number of aromatic nitrogens is 2.